The Balaban J connectivity index is 2.04. The molecule has 2 aromatic heterocycles. The first-order valence-corrected chi connectivity index (χ1v) is 7.21. The van der Waals surface area contributed by atoms with Crippen molar-refractivity contribution in [1.82, 2.24) is 18.5 Å². The highest BCUT2D eigenvalue weighted by Gasteiger charge is 2.23. The molecular weight excluding hydrogens is 298 g/mol. The lowest BCUT2D eigenvalue weighted by atomic mass is 10.1. The summed E-state index contributed by atoms with van der Waals surface area (Å²) < 4.78 is 15.8. The van der Waals surface area contributed by atoms with E-state index in [-0.39, 0.29) is 0 Å². The van der Waals surface area contributed by atoms with Gasteiger partial charge in [0.2, 0.25) is 0 Å². The van der Waals surface area contributed by atoms with E-state index in [2.05, 4.69) is 13.8 Å². The van der Waals surface area contributed by atoms with Crippen molar-refractivity contribution in [2.75, 3.05) is 12.3 Å². The molecule has 6 nitrogen and oxygen atoms in total. The maximum atomic E-state index is 6.35. The van der Waals surface area contributed by atoms with Crippen molar-refractivity contribution in [1.29, 1.82) is 0 Å². The van der Waals surface area contributed by atoms with Crippen LogP contribution in [0.15, 0.2) is 12.1 Å². The zero-order valence-electron chi connectivity index (χ0n) is 10.3. The molecule has 0 saturated heterocycles. The van der Waals surface area contributed by atoms with Gasteiger partial charge in [-0.3, -0.25) is 0 Å². The summed E-state index contributed by atoms with van der Waals surface area (Å²) in [6, 6.07) is 3.66. The quantitative estimate of drug-likeness (QED) is 0.745. The number of rotatable bonds is 1. The Labute approximate surface area is 123 Å². The van der Waals surface area contributed by atoms with Crippen LogP contribution in [0.4, 0.5) is 5.82 Å². The number of nitrogens with two attached hydrogens (primary N) is 1. The van der Waals surface area contributed by atoms with Crippen molar-refractivity contribution in [3.05, 3.63) is 28.4 Å². The van der Waals surface area contributed by atoms with Gasteiger partial charge in [0.1, 0.15) is 16.7 Å². The van der Waals surface area contributed by atoms with E-state index in [9.17, 15) is 0 Å². The molecule has 0 amide bonds. The van der Waals surface area contributed by atoms with Crippen LogP contribution in [0.2, 0.25) is 5.02 Å². The molecule has 1 aromatic carbocycles. The van der Waals surface area contributed by atoms with Gasteiger partial charge in [0, 0.05) is 12.0 Å². The first-order chi connectivity index (χ1) is 9.75. The van der Waals surface area contributed by atoms with E-state index < -0.39 is 0 Å². The molecule has 1 aliphatic heterocycles. The van der Waals surface area contributed by atoms with Gasteiger partial charge >= 0.3 is 0 Å². The Morgan fingerprint density at radius 2 is 2.25 bits per heavy atom. The fourth-order valence-electron chi connectivity index (χ4n) is 2.46. The van der Waals surface area contributed by atoms with Gasteiger partial charge < -0.3 is 10.5 Å². The van der Waals surface area contributed by atoms with Crippen LogP contribution >= 0.6 is 23.3 Å². The first kappa shape index (κ1) is 12.1. The number of hydrogen-bond donors (Lipinski definition) is 1. The van der Waals surface area contributed by atoms with Gasteiger partial charge in [0.25, 0.3) is 0 Å². The molecule has 3 aromatic rings. The molecule has 3 heterocycles. The number of hydrogen-bond acceptors (Lipinski definition) is 6. The van der Waals surface area contributed by atoms with E-state index in [4.69, 9.17) is 22.1 Å². The number of ether oxygens (including phenoxy) is 1. The average Bonchev–Trinajstić information content (AvgIpc) is 3.05. The molecule has 0 bridgehead atoms. The summed E-state index contributed by atoms with van der Waals surface area (Å²) in [6.07, 6.45) is 0.754. The van der Waals surface area contributed by atoms with Crippen molar-refractivity contribution < 1.29 is 4.74 Å². The summed E-state index contributed by atoms with van der Waals surface area (Å²) in [5.41, 5.74) is 10.3. The van der Waals surface area contributed by atoms with Gasteiger partial charge in [-0.1, -0.05) is 11.6 Å². The van der Waals surface area contributed by atoms with Crippen LogP contribution in [-0.2, 0) is 17.8 Å². The zero-order valence-corrected chi connectivity index (χ0v) is 11.9. The van der Waals surface area contributed by atoms with E-state index in [1.165, 1.54) is 0 Å². The second-order valence-corrected chi connectivity index (χ2v) is 5.49. The van der Waals surface area contributed by atoms with Crippen molar-refractivity contribution in [3.8, 4) is 5.69 Å². The van der Waals surface area contributed by atoms with Gasteiger partial charge in [0.15, 0.2) is 5.82 Å². The van der Waals surface area contributed by atoms with Crippen LogP contribution in [0.25, 0.3) is 16.7 Å². The van der Waals surface area contributed by atoms with Crippen molar-refractivity contribution in [2.24, 2.45) is 0 Å². The van der Waals surface area contributed by atoms with Gasteiger partial charge in [-0.05, 0) is 12.1 Å². The monoisotopic (exact) mass is 307 g/mol. The van der Waals surface area contributed by atoms with Crippen molar-refractivity contribution >= 4 is 40.2 Å². The van der Waals surface area contributed by atoms with Gasteiger partial charge in [-0.2, -0.15) is 8.75 Å². The third kappa shape index (κ3) is 1.64. The molecular formula is C12H10ClN5OS. The van der Waals surface area contributed by atoms with Crippen LogP contribution in [0.3, 0.4) is 0 Å². The van der Waals surface area contributed by atoms with Gasteiger partial charge in [0.05, 0.1) is 35.7 Å². The second kappa shape index (κ2) is 4.41. The molecule has 0 saturated carbocycles. The largest absolute Gasteiger partial charge is 0.382 e. The number of halogens is 1. The number of nitrogen functional groups attached to an aromatic ring is 1. The minimum absolute atomic E-state index is 0.482. The molecule has 2 N–H and O–H groups in total. The molecule has 0 atom stereocenters. The van der Waals surface area contributed by atoms with Crippen LogP contribution < -0.4 is 5.73 Å². The second-order valence-electron chi connectivity index (χ2n) is 4.55. The molecule has 102 valence electrons. The maximum absolute atomic E-state index is 6.35. The summed E-state index contributed by atoms with van der Waals surface area (Å²) in [5, 5.41) is 5.01. The number of anilines is 1. The summed E-state index contributed by atoms with van der Waals surface area (Å²) in [6.45, 7) is 1.14. The highest BCUT2D eigenvalue weighted by atomic mass is 35.5. The van der Waals surface area contributed by atoms with Crippen molar-refractivity contribution in [3.63, 3.8) is 0 Å². The number of aromatic nitrogens is 4. The van der Waals surface area contributed by atoms with Crippen LogP contribution in [0.1, 0.15) is 11.3 Å². The smallest absolute Gasteiger partial charge is 0.151 e. The molecule has 20 heavy (non-hydrogen) atoms. The highest BCUT2D eigenvalue weighted by Crippen LogP contribution is 2.32. The number of benzene rings is 1. The summed E-state index contributed by atoms with van der Waals surface area (Å²) >= 11 is 7.51. The SMILES string of the molecule is Nc1nn(-c2c(Cl)ccc3nsnc23)c2c1COCC2. The topological polar surface area (TPSA) is 78.9 Å². The van der Waals surface area contributed by atoms with E-state index in [0.29, 0.717) is 24.1 Å². The lowest BCUT2D eigenvalue weighted by molar-refractivity contribution is 0.110. The summed E-state index contributed by atoms with van der Waals surface area (Å²) in [7, 11) is 0. The van der Waals surface area contributed by atoms with E-state index >= 15 is 0 Å². The minimum atomic E-state index is 0.482. The molecule has 4 rings (SSSR count). The lowest BCUT2D eigenvalue weighted by Crippen LogP contribution is -2.13. The normalized spacial score (nSPS) is 14.7. The fraction of sp³-hybridized carbons (Fsp3) is 0.250. The maximum Gasteiger partial charge on any atom is 0.151 e. The Morgan fingerprint density at radius 1 is 1.35 bits per heavy atom. The van der Waals surface area contributed by atoms with Gasteiger partial charge in [-0.15, -0.1) is 5.10 Å². The number of nitrogens with zero attached hydrogens (tertiary/aromatic N) is 4. The van der Waals surface area contributed by atoms with Crippen LogP contribution in [0, 0.1) is 0 Å². The molecule has 8 heteroatoms. The molecule has 1 aliphatic rings. The molecule has 0 spiro atoms. The van der Waals surface area contributed by atoms with Crippen LogP contribution in [-0.4, -0.2) is 25.1 Å². The summed E-state index contributed by atoms with van der Waals surface area (Å²) in [4.78, 5) is 0. The predicted octanol–water partition coefficient (Wildman–Crippen LogP) is 2.19. The van der Waals surface area contributed by atoms with Crippen LogP contribution in [0.5, 0.6) is 0 Å². The number of fused-ring (bicyclic) bond motifs is 2. The fourth-order valence-corrected chi connectivity index (χ4v) is 3.23. The third-order valence-corrected chi connectivity index (χ3v) is 4.26. The Morgan fingerprint density at radius 3 is 3.15 bits per heavy atom. The zero-order chi connectivity index (χ0) is 13.7. The predicted molar refractivity (Wildman–Crippen MR) is 77.3 cm³/mol. The molecule has 0 unspecified atom stereocenters. The van der Waals surface area contributed by atoms with Crippen molar-refractivity contribution in [2.45, 2.75) is 13.0 Å². The van der Waals surface area contributed by atoms with E-state index in [1.54, 1.807) is 4.68 Å². The Kier molecular flexibility index (Phi) is 2.66. The average molecular weight is 308 g/mol. The lowest BCUT2D eigenvalue weighted by Gasteiger charge is -2.15. The van der Waals surface area contributed by atoms with E-state index in [0.717, 1.165) is 46.1 Å². The molecule has 0 fully saturated rings. The highest BCUT2D eigenvalue weighted by molar-refractivity contribution is 7.00. The molecule has 0 radical (unpaired) electrons. The first-order valence-electron chi connectivity index (χ1n) is 6.11. The molecule has 0 aliphatic carbocycles. The summed E-state index contributed by atoms with van der Waals surface area (Å²) in [5.74, 6) is 0.482. The minimum Gasteiger partial charge on any atom is -0.382 e. The Hall–Kier alpha value is -1.70. The Bertz CT molecular complexity index is 812. The van der Waals surface area contributed by atoms with Gasteiger partial charge in [-0.25, -0.2) is 4.68 Å². The standard InChI is InChI=1S/C12H10ClN5OS/c13-7-1-2-8-10(17-20-16-8)11(7)18-9-3-4-19-5-6(9)12(14)15-18/h1-2H,3-5H2,(H2,14,15). The third-order valence-electron chi connectivity index (χ3n) is 3.41. The van der Waals surface area contributed by atoms with E-state index in [1.807, 2.05) is 12.1 Å².